The fourth-order valence-electron chi connectivity index (χ4n) is 1.59. The molecule has 102 valence electrons. The van der Waals surface area contributed by atoms with Crippen molar-refractivity contribution >= 4 is 40.2 Å². The summed E-state index contributed by atoms with van der Waals surface area (Å²) < 4.78 is 0.732. The zero-order valence-corrected chi connectivity index (χ0v) is 12.2. The minimum absolute atomic E-state index is 0.0300. The number of benzene rings is 1. The van der Waals surface area contributed by atoms with E-state index in [0.29, 0.717) is 0 Å². The number of carbonyl (C=O) groups is 2. The van der Waals surface area contributed by atoms with Gasteiger partial charge in [-0.1, -0.05) is 0 Å². The lowest BCUT2D eigenvalue weighted by Gasteiger charge is -2.08. The van der Waals surface area contributed by atoms with E-state index in [9.17, 15) is 14.4 Å². The number of aromatic carboxylic acids is 1. The second kappa shape index (κ2) is 5.87. The van der Waals surface area contributed by atoms with Gasteiger partial charge in [-0.2, -0.15) is 0 Å². The van der Waals surface area contributed by atoms with Crippen molar-refractivity contribution in [1.82, 2.24) is 4.98 Å². The Kier molecular flexibility index (Phi) is 4.18. The molecule has 0 aliphatic heterocycles. The quantitative estimate of drug-likeness (QED) is 0.705. The Morgan fingerprint density at radius 1 is 1.20 bits per heavy atom. The zero-order chi connectivity index (χ0) is 14.7. The summed E-state index contributed by atoms with van der Waals surface area (Å²) in [5.74, 6) is -1.81. The van der Waals surface area contributed by atoms with Crippen LogP contribution in [-0.4, -0.2) is 22.0 Å². The second-order valence-corrected chi connectivity index (χ2v) is 5.12. The van der Waals surface area contributed by atoms with E-state index in [-0.39, 0.29) is 16.8 Å². The number of carboxylic acid groups (broad SMARTS) is 1. The van der Waals surface area contributed by atoms with Crippen LogP contribution in [0.3, 0.4) is 0 Å². The number of H-pyrrole nitrogens is 1. The van der Waals surface area contributed by atoms with Crippen LogP contribution in [0.5, 0.6) is 0 Å². The number of carboxylic acids is 1. The van der Waals surface area contributed by atoms with Crippen LogP contribution in [0.15, 0.2) is 41.5 Å². The number of halogens is 1. The van der Waals surface area contributed by atoms with E-state index >= 15 is 0 Å². The third kappa shape index (κ3) is 3.05. The van der Waals surface area contributed by atoms with Crippen LogP contribution in [0.25, 0.3) is 0 Å². The topological polar surface area (TPSA) is 99.3 Å². The highest BCUT2D eigenvalue weighted by Gasteiger charge is 2.15. The molecule has 20 heavy (non-hydrogen) atoms. The molecule has 1 heterocycles. The van der Waals surface area contributed by atoms with E-state index in [2.05, 4.69) is 10.3 Å². The minimum atomic E-state index is -1.15. The average Bonchev–Trinajstić information content (AvgIpc) is 2.41. The second-order valence-electron chi connectivity index (χ2n) is 3.87. The van der Waals surface area contributed by atoms with Crippen LogP contribution in [-0.2, 0) is 0 Å². The zero-order valence-electron chi connectivity index (χ0n) is 10.0. The monoisotopic (exact) mass is 384 g/mol. The molecule has 0 spiro atoms. The molecule has 1 amide bonds. The fraction of sp³-hybridized carbons (Fsp3) is 0. The molecule has 0 saturated carbocycles. The van der Waals surface area contributed by atoms with Crippen LogP contribution in [0.1, 0.15) is 20.7 Å². The van der Waals surface area contributed by atoms with E-state index < -0.39 is 17.3 Å². The molecule has 0 radical (unpaired) electrons. The SMILES string of the molecule is O=C(O)c1cc(I)ccc1NC(=O)c1c[nH]ccc1=O. The maximum absolute atomic E-state index is 12.0. The lowest BCUT2D eigenvalue weighted by atomic mass is 10.1. The lowest BCUT2D eigenvalue weighted by molar-refractivity contribution is 0.0698. The molecule has 1 aromatic carbocycles. The van der Waals surface area contributed by atoms with Crippen LogP contribution >= 0.6 is 22.6 Å². The summed E-state index contributed by atoms with van der Waals surface area (Å²) in [6.45, 7) is 0. The third-order valence-electron chi connectivity index (χ3n) is 2.53. The standard InChI is InChI=1S/C13H9IN2O4/c14-7-1-2-10(8(5-7)13(19)20)16-12(18)9-6-15-4-3-11(9)17/h1-6H,(H,15,17)(H,16,18)(H,19,20). The molecule has 7 heteroatoms. The molecule has 2 aromatic rings. The van der Waals surface area contributed by atoms with Crippen LogP contribution in [0, 0.1) is 3.57 Å². The van der Waals surface area contributed by atoms with Crippen molar-refractivity contribution in [3.8, 4) is 0 Å². The normalized spacial score (nSPS) is 10.1. The van der Waals surface area contributed by atoms with Crippen molar-refractivity contribution in [3.63, 3.8) is 0 Å². The van der Waals surface area contributed by atoms with Crippen molar-refractivity contribution < 1.29 is 14.7 Å². The Morgan fingerprint density at radius 3 is 2.60 bits per heavy atom. The molecule has 2 rings (SSSR count). The molecule has 0 aliphatic rings. The first-order valence-electron chi connectivity index (χ1n) is 5.50. The van der Waals surface area contributed by atoms with Crippen molar-refractivity contribution in [1.29, 1.82) is 0 Å². The van der Waals surface area contributed by atoms with E-state index in [0.717, 1.165) is 3.57 Å². The van der Waals surface area contributed by atoms with Crippen LogP contribution in [0.2, 0.25) is 0 Å². The van der Waals surface area contributed by atoms with Gasteiger partial charge in [0.2, 0.25) is 0 Å². The molecule has 0 saturated heterocycles. The predicted molar refractivity (Wildman–Crippen MR) is 81.1 cm³/mol. The number of pyridine rings is 1. The van der Waals surface area contributed by atoms with Gasteiger partial charge in [-0.15, -0.1) is 0 Å². The number of nitrogens with one attached hydrogen (secondary N) is 2. The van der Waals surface area contributed by atoms with Crippen molar-refractivity contribution in [2.75, 3.05) is 5.32 Å². The van der Waals surface area contributed by atoms with Crippen LogP contribution in [0.4, 0.5) is 5.69 Å². The number of amides is 1. The molecule has 0 bridgehead atoms. The smallest absolute Gasteiger partial charge is 0.337 e. The molecular weight excluding hydrogens is 375 g/mol. The highest BCUT2D eigenvalue weighted by molar-refractivity contribution is 14.1. The Hall–Kier alpha value is -2.16. The maximum atomic E-state index is 12.0. The van der Waals surface area contributed by atoms with E-state index in [4.69, 9.17) is 5.11 Å². The van der Waals surface area contributed by atoms with Crippen molar-refractivity contribution in [3.05, 3.63) is 61.6 Å². The Balaban J connectivity index is 2.36. The molecule has 0 atom stereocenters. The molecule has 1 aromatic heterocycles. The first-order chi connectivity index (χ1) is 9.49. The lowest BCUT2D eigenvalue weighted by Crippen LogP contribution is -2.22. The van der Waals surface area contributed by atoms with Gasteiger partial charge in [0.15, 0.2) is 5.43 Å². The van der Waals surface area contributed by atoms with E-state index in [1.54, 1.807) is 6.07 Å². The maximum Gasteiger partial charge on any atom is 0.337 e. The highest BCUT2D eigenvalue weighted by atomic mass is 127. The summed E-state index contributed by atoms with van der Waals surface area (Å²) in [7, 11) is 0. The van der Waals surface area contributed by atoms with Gasteiger partial charge >= 0.3 is 5.97 Å². The summed E-state index contributed by atoms with van der Waals surface area (Å²) in [6.07, 6.45) is 2.68. The van der Waals surface area contributed by atoms with Gasteiger partial charge in [0.25, 0.3) is 5.91 Å². The molecule has 3 N–H and O–H groups in total. The number of aromatic amines is 1. The number of aromatic nitrogens is 1. The first-order valence-corrected chi connectivity index (χ1v) is 6.58. The van der Waals surface area contributed by atoms with Crippen LogP contribution < -0.4 is 10.7 Å². The number of hydrogen-bond donors (Lipinski definition) is 3. The van der Waals surface area contributed by atoms with E-state index in [1.807, 2.05) is 22.6 Å². The summed E-state index contributed by atoms with van der Waals surface area (Å²) in [5, 5.41) is 11.5. The summed E-state index contributed by atoms with van der Waals surface area (Å²) in [6, 6.07) is 5.81. The van der Waals surface area contributed by atoms with Gasteiger partial charge in [0, 0.05) is 22.0 Å². The number of carbonyl (C=O) groups excluding carboxylic acids is 1. The van der Waals surface area contributed by atoms with Gasteiger partial charge in [0.1, 0.15) is 5.56 Å². The van der Waals surface area contributed by atoms with Gasteiger partial charge in [-0.3, -0.25) is 9.59 Å². The Bertz CT molecular complexity index is 739. The van der Waals surface area contributed by atoms with Gasteiger partial charge in [-0.05, 0) is 40.8 Å². The summed E-state index contributed by atoms with van der Waals surface area (Å²) in [4.78, 5) is 37.3. The Morgan fingerprint density at radius 2 is 1.95 bits per heavy atom. The molecular formula is C13H9IN2O4. The summed E-state index contributed by atoms with van der Waals surface area (Å²) in [5.41, 5.74) is -0.408. The fourth-order valence-corrected chi connectivity index (χ4v) is 2.08. The minimum Gasteiger partial charge on any atom is -0.478 e. The average molecular weight is 384 g/mol. The van der Waals surface area contributed by atoms with Crippen molar-refractivity contribution in [2.24, 2.45) is 0 Å². The first kappa shape index (κ1) is 14.3. The third-order valence-corrected chi connectivity index (χ3v) is 3.20. The highest BCUT2D eigenvalue weighted by Crippen LogP contribution is 2.19. The number of hydrogen-bond acceptors (Lipinski definition) is 3. The van der Waals surface area contributed by atoms with Gasteiger partial charge < -0.3 is 15.4 Å². The summed E-state index contributed by atoms with van der Waals surface area (Å²) >= 11 is 1.97. The van der Waals surface area contributed by atoms with E-state index in [1.165, 1.54) is 30.6 Å². The van der Waals surface area contributed by atoms with Gasteiger partial charge in [-0.25, -0.2) is 4.79 Å². The predicted octanol–water partition coefficient (Wildman–Crippen LogP) is 1.93. The largest absolute Gasteiger partial charge is 0.478 e. The molecule has 0 fully saturated rings. The molecule has 0 aliphatic carbocycles. The van der Waals surface area contributed by atoms with Gasteiger partial charge in [0.05, 0.1) is 11.3 Å². The number of anilines is 1. The number of rotatable bonds is 3. The molecule has 6 nitrogen and oxygen atoms in total. The Labute approximate surface area is 127 Å². The van der Waals surface area contributed by atoms with Crippen molar-refractivity contribution in [2.45, 2.75) is 0 Å². The molecule has 0 unspecified atom stereocenters.